The molecule has 0 saturated carbocycles. The minimum absolute atomic E-state index is 0.199. The Morgan fingerprint density at radius 1 is 1.64 bits per heavy atom. The van der Waals surface area contributed by atoms with Crippen LogP contribution in [0.1, 0.15) is 11.9 Å². The number of aromatic nitrogens is 2. The number of anilines is 1. The molecule has 0 aliphatic rings. The van der Waals surface area contributed by atoms with Crippen LogP contribution < -0.4 is 5.73 Å². The van der Waals surface area contributed by atoms with Gasteiger partial charge in [-0.2, -0.15) is 0 Å². The van der Waals surface area contributed by atoms with Crippen molar-refractivity contribution in [3.05, 3.63) is 5.01 Å². The van der Waals surface area contributed by atoms with E-state index in [9.17, 15) is 4.79 Å². The van der Waals surface area contributed by atoms with Gasteiger partial charge in [-0.3, -0.25) is 4.79 Å². The van der Waals surface area contributed by atoms with Crippen LogP contribution in [0.2, 0.25) is 0 Å². The molecule has 14 heavy (non-hydrogen) atoms. The predicted octanol–water partition coefficient (Wildman–Crippen LogP) is 0.917. The summed E-state index contributed by atoms with van der Waals surface area (Å²) in [6.45, 7) is 2.21. The third kappa shape index (κ3) is 3.93. The zero-order valence-corrected chi connectivity index (χ0v) is 9.36. The van der Waals surface area contributed by atoms with Gasteiger partial charge in [0.25, 0.3) is 0 Å². The third-order valence-corrected chi connectivity index (χ3v) is 3.09. The lowest BCUT2D eigenvalue weighted by Crippen LogP contribution is -2.06. The van der Waals surface area contributed by atoms with Gasteiger partial charge in [-0.05, 0) is 6.92 Å². The molecule has 0 aliphatic heterocycles. The molecule has 0 bridgehead atoms. The van der Waals surface area contributed by atoms with Crippen molar-refractivity contribution in [3.63, 3.8) is 0 Å². The predicted molar refractivity (Wildman–Crippen MR) is 57.1 cm³/mol. The quantitative estimate of drug-likeness (QED) is 0.762. The highest BCUT2D eigenvalue weighted by Crippen LogP contribution is 2.17. The Kier molecular flexibility index (Phi) is 4.68. The Bertz CT molecular complexity index is 303. The van der Waals surface area contributed by atoms with Gasteiger partial charge in [0.05, 0.1) is 12.4 Å². The third-order valence-electron chi connectivity index (χ3n) is 1.23. The average molecular weight is 233 g/mol. The van der Waals surface area contributed by atoms with E-state index in [1.54, 1.807) is 6.92 Å². The van der Waals surface area contributed by atoms with E-state index < -0.39 is 0 Å². The molecule has 1 aromatic heterocycles. The van der Waals surface area contributed by atoms with E-state index in [-0.39, 0.29) is 5.97 Å². The van der Waals surface area contributed by atoms with Gasteiger partial charge in [0.2, 0.25) is 5.13 Å². The van der Waals surface area contributed by atoms with E-state index in [0.29, 0.717) is 23.2 Å². The summed E-state index contributed by atoms with van der Waals surface area (Å²) in [6, 6.07) is 0. The molecule has 0 atom stereocenters. The van der Waals surface area contributed by atoms with E-state index in [2.05, 4.69) is 10.2 Å². The zero-order valence-electron chi connectivity index (χ0n) is 7.73. The van der Waals surface area contributed by atoms with Crippen LogP contribution in [0.25, 0.3) is 0 Å². The van der Waals surface area contributed by atoms with E-state index in [0.717, 1.165) is 5.01 Å². The molecule has 1 aromatic rings. The molecule has 0 aliphatic carbocycles. The van der Waals surface area contributed by atoms with Crippen LogP contribution >= 0.6 is 23.1 Å². The number of nitrogens with zero attached hydrogens (tertiary/aromatic N) is 2. The SMILES string of the molecule is CCOC(=O)CSCc1nnc(N)s1. The normalized spacial score (nSPS) is 10.1. The highest BCUT2D eigenvalue weighted by Gasteiger charge is 2.04. The van der Waals surface area contributed by atoms with Crippen LogP contribution in [0.5, 0.6) is 0 Å². The van der Waals surface area contributed by atoms with Gasteiger partial charge in [0, 0.05) is 5.75 Å². The largest absolute Gasteiger partial charge is 0.465 e. The highest BCUT2D eigenvalue weighted by molar-refractivity contribution is 7.99. The minimum atomic E-state index is -0.199. The summed E-state index contributed by atoms with van der Waals surface area (Å²) in [6.07, 6.45) is 0. The Morgan fingerprint density at radius 2 is 2.43 bits per heavy atom. The summed E-state index contributed by atoms with van der Waals surface area (Å²) in [5.41, 5.74) is 5.40. The fourth-order valence-corrected chi connectivity index (χ4v) is 2.22. The van der Waals surface area contributed by atoms with Crippen LogP contribution in [0.3, 0.4) is 0 Å². The molecule has 0 spiro atoms. The van der Waals surface area contributed by atoms with E-state index in [1.807, 2.05) is 0 Å². The smallest absolute Gasteiger partial charge is 0.315 e. The highest BCUT2D eigenvalue weighted by atomic mass is 32.2. The first-order valence-electron chi connectivity index (χ1n) is 4.03. The summed E-state index contributed by atoms with van der Waals surface area (Å²) < 4.78 is 4.77. The molecule has 0 unspecified atom stereocenters. The number of carbonyl (C=O) groups is 1. The number of hydrogen-bond donors (Lipinski definition) is 1. The molecule has 1 rings (SSSR count). The van der Waals surface area contributed by atoms with Crippen molar-refractivity contribution in [2.24, 2.45) is 0 Å². The number of nitrogen functional groups attached to an aromatic ring is 1. The molecular weight excluding hydrogens is 222 g/mol. The van der Waals surface area contributed by atoms with E-state index in [1.165, 1.54) is 23.1 Å². The second-order valence-corrected chi connectivity index (χ2v) is 4.41. The van der Waals surface area contributed by atoms with Crippen molar-refractivity contribution in [3.8, 4) is 0 Å². The lowest BCUT2D eigenvalue weighted by molar-refractivity contribution is -0.139. The first-order chi connectivity index (χ1) is 6.72. The van der Waals surface area contributed by atoms with Gasteiger partial charge in [-0.25, -0.2) is 0 Å². The molecule has 5 nitrogen and oxygen atoms in total. The molecule has 2 N–H and O–H groups in total. The number of thioether (sulfide) groups is 1. The van der Waals surface area contributed by atoms with Crippen molar-refractivity contribution < 1.29 is 9.53 Å². The summed E-state index contributed by atoms with van der Waals surface area (Å²) in [4.78, 5) is 10.9. The zero-order chi connectivity index (χ0) is 10.4. The topological polar surface area (TPSA) is 78.1 Å². The van der Waals surface area contributed by atoms with Gasteiger partial charge in [-0.1, -0.05) is 11.3 Å². The summed E-state index contributed by atoms with van der Waals surface area (Å²) in [5, 5.41) is 8.78. The average Bonchev–Trinajstić information content (AvgIpc) is 2.52. The Morgan fingerprint density at radius 3 is 3.00 bits per heavy atom. The van der Waals surface area contributed by atoms with Gasteiger partial charge in [-0.15, -0.1) is 22.0 Å². The fourth-order valence-electron chi connectivity index (χ4n) is 0.749. The molecule has 0 aromatic carbocycles. The number of rotatable bonds is 5. The molecule has 0 amide bonds. The van der Waals surface area contributed by atoms with Crippen molar-refractivity contribution in [2.75, 3.05) is 18.1 Å². The maximum Gasteiger partial charge on any atom is 0.315 e. The van der Waals surface area contributed by atoms with Gasteiger partial charge in [0.1, 0.15) is 5.01 Å². The Labute approximate surface area is 90.0 Å². The Hall–Kier alpha value is -0.820. The molecule has 0 radical (unpaired) electrons. The van der Waals surface area contributed by atoms with Crippen LogP contribution in [0.4, 0.5) is 5.13 Å². The van der Waals surface area contributed by atoms with Crippen molar-refractivity contribution >= 4 is 34.2 Å². The van der Waals surface area contributed by atoms with Crippen LogP contribution in [0.15, 0.2) is 0 Å². The first kappa shape index (κ1) is 11.3. The minimum Gasteiger partial charge on any atom is -0.465 e. The molecule has 78 valence electrons. The fraction of sp³-hybridized carbons (Fsp3) is 0.571. The summed E-state index contributed by atoms with van der Waals surface area (Å²) >= 11 is 2.78. The van der Waals surface area contributed by atoms with E-state index >= 15 is 0 Å². The number of ether oxygens (including phenoxy) is 1. The number of esters is 1. The number of hydrogen-bond acceptors (Lipinski definition) is 7. The van der Waals surface area contributed by atoms with Gasteiger partial charge < -0.3 is 10.5 Å². The maximum atomic E-state index is 10.9. The lowest BCUT2D eigenvalue weighted by Gasteiger charge is -1.99. The maximum absolute atomic E-state index is 10.9. The first-order valence-corrected chi connectivity index (χ1v) is 6.00. The second kappa shape index (κ2) is 5.82. The molecule has 0 fully saturated rings. The molecule has 7 heteroatoms. The van der Waals surface area contributed by atoms with Gasteiger partial charge in [0.15, 0.2) is 0 Å². The number of carbonyl (C=O) groups excluding carboxylic acids is 1. The number of nitrogens with two attached hydrogens (primary N) is 1. The van der Waals surface area contributed by atoms with E-state index in [4.69, 9.17) is 10.5 Å². The van der Waals surface area contributed by atoms with Crippen LogP contribution in [-0.4, -0.2) is 28.5 Å². The summed E-state index contributed by atoms with van der Waals surface area (Å²) in [7, 11) is 0. The Balaban J connectivity index is 2.18. The van der Waals surface area contributed by atoms with Crippen molar-refractivity contribution in [1.82, 2.24) is 10.2 Å². The monoisotopic (exact) mass is 233 g/mol. The van der Waals surface area contributed by atoms with Crippen molar-refractivity contribution in [2.45, 2.75) is 12.7 Å². The molecule has 1 heterocycles. The molecular formula is C7H11N3O2S2. The standard InChI is InChI=1S/C7H11N3O2S2/c1-2-12-6(11)4-13-3-5-9-10-7(8)14-5/h2-4H2,1H3,(H2,8,10). The van der Waals surface area contributed by atoms with Crippen molar-refractivity contribution in [1.29, 1.82) is 0 Å². The summed E-state index contributed by atoms with van der Waals surface area (Å²) in [5.74, 6) is 0.788. The lowest BCUT2D eigenvalue weighted by atomic mass is 10.8. The van der Waals surface area contributed by atoms with Gasteiger partial charge >= 0.3 is 5.97 Å². The molecule has 0 saturated heterocycles. The second-order valence-electron chi connectivity index (χ2n) is 2.33. The van der Waals surface area contributed by atoms with Crippen LogP contribution in [-0.2, 0) is 15.3 Å². The van der Waals surface area contributed by atoms with Crippen LogP contribution in [0, 0.1) is 0 Å².